The SMILES string of the molecule is CC(=O)N[C@@H](Cc1cccc(C)c1)C(=O)NC1CCN(c2c3c(nc4ncnn24)CCC3)CC1. The molecule has 0 unspecified atom stereocenters. The third kappa shape index (κ3) is 4.60. The first-order valence-corrected chi connectivity index (χ1v) is 12.1. The Bertz CT molecular complexity index is 1210. The largest absolute Gasteiger partial charge is 0.356 e. The lowest BCUT2D eigenvalue weighted by Crippen LogP contribution is -2.52. The van der Waals surface area contributed by atoms with Gasteiger partial charge in [0, 0.05) is 38.0 Å². The second kappa shape index (κ2) is 9.40. The van der Waals surface area contributed by atoms with Crippen LogP contribution in [0.3, 0.4) is 0 Å². The van der Waals surface area contributed by atoms with Crippen molar-refractivity contribution in [1.82, 2.24) is 30.2 Å². The van der Waals surface area contributed by atoms with Crippen molar-refractivity contribution in [3.8, 4) is 0 Å². The van der Waals surface area contributed by atoms with E-state index in [1.54, 1.807) is 6.33 Å². The zero-order valence-electron chi connectivity index (χ0n) is 19.8. The van der Waals surface area contributed by atoms with Gasteiger partial charge in [-0.2, -0.15) is 14.6 Å². The molecule has 3 aromatic rings. The minimum atomic E-state index is -0.587. The predicted molar refractivity (Wildman–Crippen MR) is 129 cm³/mol. The quantitative estimate of drug-likeness (QED) is 0.580. The second-order valence-corrected chi connectivity index (χ2v) is 9.40. The maximum Gasteiger partial charge on any atom is 0.254 e. The zero-order chi connectivity index (χ0) is 23.7. The molecule has 2 aromatic heterocycles. The number of amides is 2. The summed E-state index contributed by atoms with van der Waals surface area (Å²) in [6, 6.07) is 7.53. The van der Waals surface area contributed by atoms with E-state index in [2.05, 4.69) is 36.7 Å². The minimum absolute atomic E-state index is 0.0682. The van der Waals surface area contributed by atoms with Gasteiger partial charge in [0.15, 0.2) is 0 Å². The van der Waals surface area contributed by atoms with Crippen molar-refractivity contribution in [3.05, 3.63) is 53.0 Å². The molecule has 0 bridgehead atoms. The number of carbonyl (C=O) groups is 2. The lowest BCUT2D eigenvalue weighted by molar-refractivity contribution is -0.128. The van der Waals surface area contributed by atoms with Crippen LogP contribution in [0.15, 0.2) is 30.6 Å². The molecule has 1 aromatic carbocycles. The van der Waals surface area contributed by atoms with Gasteiger partial charge in [-0.05, 0) is 44.6 Å². The smallest absolute Gasteiger partial charge is 0.254 e. The van der Waals surface area contributed by atoms with Gasteiger partial charge in [0.25, 0.3) is 5.78 Å². The Kier molecular flexibility index (Phi) is 6.17. The number of nitrogens with one attached hydrogen (secondary N) is 2. The first kappa shape index (κ1) is 22.3. The molecule has 0 saturated carbocycles. The number of anilines is 1. The highest BCUT2D eigenvalue weighted by Gasteiger charge is 2.29. The van der Waals surface area contributed by atoms with Crippen LogP contribution < -0.4 is 15.5 Å². The fourth-order valence-corrected chi connectivity index (χ4v) is 5.19. The zero-order valence-corrected chi connectivity index (χ0v) is 19.8. The molecule has 2 aliphatic rings. The van der Waals surface area contributed by atoms with Crippen molar-refractivity contribution in [3.63, 3.8) is 0 Å². The van der Waals surface area contributed by atoms with Gasteiger partial charge in [-0.15, -0.1) is 0 Å². The Labute approximate surface area is 199 Å². The van der Waals surface area contributed by atoms with Crippen molar-refractivity contribution >= 4 is 23.4 Å². The first-order chi connectivity index (χ1) is 16.5. The summed E-state index contributed by atoms with van der Waals surface area (Å²) < 4.78 is 1.86. The number of rotatable bonds is 6. The maximum absolute atomic E-state index is 13.1. The molecule has 178 valence electrons. The van der Waals surface area contributed by atoms with Gasteiger partial charge in [-0.3, -0.25) is 9.59 Å². The summed E-state index contributed by atoms with van der Waals surface area (Å²) in [7, 11) is 0. The van der Waals surface area contributed by atoms with Gasteiger partial charge in [-0.25, -0.2) is 4.98 Å². The molecule has 1 atom stereocenters. The molecule has 5 rings (SSSR count). The molecular formula is C25H31N7O2. The van der Waals surface area contributed by atoms with Crippen molar-refractivity contribution in [2.75, 3.05) is 18.0 Å². The van der Waals surface area contributed by atoms with Crippen LogP contribution >= 0.6 is 0 Å². The normalized spacial score (nSPS) is 16.9. The molecule has 1 aliphatic heterocycles. The van der Waals surface area contributed by atoms with Crippen LogP contribution in [0.4, 0.5) is 5.82 Å². The van der Waals surface area contributed by atoms with E-state index in [0.29, 0.717) is 12.2 Å². The van der Waals surface area contributed by atoms with E-state index in [9.17, 15) is 9.59 Å². The van der Waals surface area contributed by atoms with Crippen molar-refractivity contribution in [2.45, 2.75) is 64.5 Å². The van der Waals surface area contributed by atoms with E-state index in [1.807, 2.05) is 29.6 Å². The van der Waals surface area contributed by atoms with Crippen LogP contribution in [0, 0.1) is 6.92 Å². The lowest BCUT2D eigenvalue weighted by Gasteiger charge is -2.35. The van der Waals surface area contributed by atoms with E-state index in [1.165, 1.54) is 12.5 Å². The van der Waals surface area contributed by atoms with Gasteiger partial charge in [0.2, 0.25) is 11.8 Å². The van der Waals surface area contributed by atoms with Crippen molar-refractivity contribution < 1.29 is 9.59 Å². The molecule has 3 heterocycles. The molecule has 2 N–H and O–H groups in total. The third-order valence-corrected chi connectivity index (χ3v) is 6.78. The molecule has 9 heteroatoms. The molecular weight excluding hydrogens is 430 g/mol. The number of hydrogen-bond donors (Lipinski definition) is 2. The molecule has 2 amide bonds. The number of aryl methyl sites for hydroxylation is 2. The Morgan fingerprint density at radius 2 is 2.03 bits per heavy atom. The van der Waals surface area contributed by atoms with Gasteiger partial charge >= 0.3 is 0 Å². The van der Waals surface area contributed by atoms with E-state index >= 15 is 0 Å². The molecule has 1 fully saturated rings. The summed E-state index contributed by atoms with van der Waals surface area (Å²) in [5.41, 5.74) is 4.59. The Morgan fingerprint density at radius 3 is 2.79 bits per heavy atom. The summed E-state index contributed by atoms with van der Waals surface area (Å²) in [5.74, 6) is 1.43. The number of nitrogens with zero attached hydrogens (tertiary/aromatic N) is 5. The molecule has 1 aliphatic carbocycles. The van der Waals surface area contributed by atoms with E-state index in [-0.39, 0.29) is 17.9 Å². The highest BCUT2D eigenvalue weighted by molar-refractivity contribution is 5.87. The number of hydrogen-bond acceptors (Lipinski definition) is 6. The highest BCUT2D eigenvalue weighted by atomic mass is 16.2. The fraction of sp³-hybridized carbons (Fsp3) is 0.480. The number of benzene rings is 1. The summed E-state index contributed by atoms with van der Waals surface area (Å²) in [5, 5.41) is 10.4. The molecule has 34 heavy (non-hydrogen) atoms. The minimum Gasteiger partial charge on any atom is -0.356 e. The number of carbonyl (C=O) groups excluding carboxylic acids is 2. The highest BCUT2D eigenvalue weighted by Crippen LogP contribution is 2.32. The summed E-state index contributed by atoms with van der Waals surface area (Å²) in [4.78, 5) is 36.2. The van der Waals surface area contributed by atoms with E-state index in [0.717, 1.165) is 67.8 Å². The number of aromatic nitrogens is 4. The molecule has 1 saturated heterocycles. The second-order valence-electron chi connectivity index (χ2n) is 9.40. The van der Waals surface area contributed by atoms with Gasteiger partial charge in [-0.1, -0.05) is 29.8 Å². The van der Waals surface area contributed by atoms with Crippen LogP contribution in [0.2, 0.25) is 0 Å². The Morgan fingerprint density at radius 1 is 1.21 bits per heavy atom. The average Bonchev–Trinajstić information content (AvgIpc) is 3.46. The van der Waals surface area contributed by atoms with E-state index < -0.39 is 6.04 Å². The average molecular weight is 462 g/mol. The van der Waals surface area contributed by atoms with Crippen LogP contribution in [-0.4, -0.2) is 56.6 Å². The van der Waals surface area contributed by atoms with Crippen LogP contribution in [0.1, 0.15) is 48.6 Å². The number of fused-ring (bicyclic) bond motifs is 2. The van der Waals surface area contributed by atoms with Crippen LogP contribution in [0.5, 0.6) is 0 Å². The first-order valence-electron chi connectivity index (χ1n) is 12.1. The summed E-state index contributed by atoms with van der Waals surface area (Å²) in [6.07, 6.45) is 6.81. The predicted octanol–water partition coefficient (Wildman–Crippen LogP) is 1.75. The Hall–Kier alpha value is -3.49. The topological polar surface area (TPSA) is 105 Å². The van der Waals surface area contributed by atoms with Gasteiger partial charge in [0.05, 0.1) is 5.69 Å². The third-order valence-electron chi connectivity index (χ3n) is 6.78. The van der Waals surface area contributed by atoms with Gasteiger partial charge < -0.3 is 15.5 Å². The molecule has 0 radical (unpaired) electrons. The van der Waals surface area contributed by atoms with Crippen molar-refractivity contribution in [1.29, 1.82) is 0 Å². The monoisotopic (exact) mass is 461 g/mol. The standard InChI is InChI=1S/C25H31N7O2/c1-16-5-3-6-18(13-16)14-22(28-17(2)33)23(34)29-19-9-11-31(12-10-19)24-20-7-4-8-21(20)30-25-26-15-27-32(24)25/h3,5-6,13,15,19,22H,4,7-12,14H2,1-2H3,(H,28,33)(H,29,34)/t22-/m0/s1. The molecule has 9 nitrogen and oxygen atoms in total. The van der Waals surface area contributed by atoms with Gasteiger partial charge in [0.1, 0.15) is 18.2 Å². The summed E-state index contributed by atoms with van der Waals surface area (Å²) >= 11 is 0. The summed E-state index contributed by atoms with van der Waals surface area (Å²) in [6.45, 7) is 5.11. The lowest BCUT2D eigenvalue weighted by atomic mass is 10.0. The maximum atomic E-state index is 13.1. The van der Waals surface area contributed by atoms with Crippen molar-refractivity contribution in [2.24, 2.45) is 0 Å². The van der Waals surface area contributed by atoms with E-state index in [4.69, 9.17) is 0 Å². The fourth-order valence-electron chi connectivity index (χ4n) is 5.19. The van der Waals surface area contributed by atoms with Crippen LogP contribution in [0.25, 0.3) is 5.78 Å². The number of piperidine rings is 1. The van der Waals surface area contributed by atoms with Crippen LogP contribution in [-0.2, 0) is 28.9 Å². The molecule has 0 spiro atoms. The Balaban J connectivity index is 1.25.